The summed E-state index contributed by atoms with van der Waals surface area (Å²) in [5.74, 6) is 1.39. The fourth-order valence-corrected chi connectivity index (χ4v) is 3.14. The van der Waals surface area contributed by atoms with E-state index in [0.717, 1.165) is 43.4 Å². The van der Waals surface area contributed by atoms with Gasteiger partial charge in [-0.2, -0.15) is 9.36 Å². The van der Waals surface area contributed by atoms with Gasteiger partial charge in [0.05, 0.1) is 11.9 Å². The van der Waals surface area contributed by atoms with Crippen molar-refractivity contribution in [1.82, 2.24) is 24.6 Å². The molecule has 1 aliphatic heterocycles. The molecule has 4 heterocycles. The Kier molecular flexibility index (Phi) is 4.30. The second-order valence-electron chi connectivity index (χ2n) is 5.40. The molecule has 0 aromatic carbocycles. The second-order valence-corrected chi connectivity index (χ2v) is 6.15. The molecule has 0 amide bonds. The highest BCUT2D eigenvalue weighted by molar-refractivity contribution is 7.09. The van der Waals surface area contributed by atoms with E-state index in [1.807, 2.05) is 30.5 Å². The summed E-state index contributed by atoms with van der Waals surface area (Å²) in [6.07, 6.45) is 3.63. The van der Waals surface area contributed by atoms with Crippen molar-refractivity contribution in [2.24, 2.45) is 0 Å². The highest BCUT2D eigenvalue weighted by Crippen LogP contribution is 2.23. The van der Waals surface area contributed by atoms with Crippen molar-refractivity contribution in [2.45, 2.75) is 0 Å². The van der Waals surface area contributed by atoms with Crippen LogP contribution in [0.4, 0.5) is 16.6 Å². The van der Waals surface area contributed by atoms with E-state index in [0.29, 0.717) is 11.0 Å². The smallest absolute Gasteiger partial charge is 0.208 e. The molecule has 122 valence electrons. The molecular weight excluding hydrogens is 322 g/mol. The minimum atomic E-state index is 0.625. The van der Waals surface area contributed by atoms with Gasteiger partial charge in [-0.1, -0.05) is 6.07 Å². The monoisotopic (exact) mass is 339 g/mol. The van der Waals surface area contributed by atoms with Crippen molar-refractivity contribution < 1.29 is 0 Å². The largest absolute Gasteiger partial charge is 0.368 e. The molecule has 4 rings (SSSR count). The number of hydrogen-bond acceptors (Lipinski definition) is 8. The number of pyridine rings is 2. The number of aromatic nitrogens is 4. The van der Waals surface area contributed by atoms with E-state index in [4.69, 9.17) is 0 Å². The summed E-state index contributed by atoms with van der Waals surface area (Å²) in [5, 5.41) is 7.26. The summed E-state index contributed by atoms with van der Waals surface area (Å²) in [6, 6.07) is 9.75. The molecule has 0 saturated carbocycles. The molecule has 7 nitrogen and oxygen atoms in total. The Morgan fingerprint density at radius 2 is 2.00 bits per heavy atom. The lowest BCUT2D eigenvalue weighted by Crippen LogP contribution is -2.43. The van der Waals surface area contributed by atoms with E-state index in [9.17, 15) is 0 Å². The first-order chi connectivity index (χ1) is 11.9. The van der Waals surface area contributed by atoms with Crippen molar-refractivity contribution in [1.29, 1.82) is 0 Å². The van der Waals surface area contributed by atoms with Crippen LogP contribution in [-0.2, 0) is 0 Å². The average molecular weight is 339 g/mol. The topological polar surface area (TPSA) is 78.9 Å². The number of rotatable bonds is 4. The number of anilines is 3. The maximum Gasteiger partial charge on any atom is 0.208 e. The molecule has 8 heteroatoms. The highest BCUT2D eigenvalue weighted by Gasteiger charge is 2.11. The Labute approximate surface area is 144 Å². The third-order valence-corrected chi connectivity index (χ3v) is 4.42. The van der Waals surface area contributed by atoms with Crippen LogP contribution in [0.5, 0.6) is 0 Å². The maximum absolute atomic E-state index is 4.48. The van der Waals surface area contributed by atoms with Crippen molar-refractivity contribution in [3.05, 3.63) is 42.7 Å². The molecule has 1 aliphatic rings. The number of piperazine rings is 1. The zero-order valence-corrected chi connectivity index (χ0v) is 13.8. The van der Waals surface area contributed by atoms with Gasteiger partial charge in [0.2, 0.25) is 5.13 Å². The van der Waals surface area contributed by atoms with Crippen molar-refractivity contribution in [2.75, 3.05) is 36.4 Å². The van der Waals surface area contributed by atoms with Crippen LogP contribution in [0, 0.1) is 0 Å². The molecule has 2 N–H and O–H groups in total. The molecule has 0 radical (unpaired) electrons. The first kappa shape index (κ1) is 15.0. The van der Waals surface area contributed by atoms with E-state index >= 15 is 0 Å². The third-order valence-electron chi connectivity index (χ3n) is 3.79. The highest BCUT2D eigenvalue weighted by atomic mass is 32.1. The van der Waals surface area contributed by atoms with E-state index < -0.39 is 0 Å². The Balaban J connectivity index is 1.45. The summed E-state index contributed by atoms with van der Waals surface area (Å²) >= 11 is 1.30. The molecule has 1 fully saturated rings. The van der Waals surface area contributed by atoms with Gasteiger partial charge in [-0.3, -0.25) is 4.98 Å². The van der Waals surface area contributed by atoms with Gasteiger partial charge in [0.1, 0.15) is 11.5 Å². The SMILES string of the molecule is c1ccc(-c2nsc(Nc3ccc(N4CCNCC4)cn3)n2)nc1. The van der Waals surface area contributed by atoms with Crippen LogP contribution < -0.4 is 15.5 Å². The molecule has 0 unspecified atom stereocenters. The van der Waals surface area contributed by atoms with Gasteiger partial charge in [0.25, 0.3) is 0 Å². The van der Waals surface area contributed by atoms with Crippen LogP contribution in [0.15, 0.2) is 42.7 Å². The molecular formula is C16H17N7S. The zero-order chi connectivity index (χ0) is 16.2. The molecule has 0 bridgehead atoms. The molecule has 24 heavy (non-hydrogen) atoms. The van der Waals surface area contributed by atoms with Crippen LogP contribution >= 0.6 is 11.5 Å². The fraction of sp³-hybridized carbons (Fsp3) is 0.250. The van der Waals surface area contributed by atoms with Crippen LogP contribution in [0.25, 0.3) is 11.5 Å². The predicted molar refractivity (Wildman–Crippen MR) is 95.7 cm³/mol. The predicted octanol–water partition coefficient (Wildman–Crippen LogP) is 2.15. The average Bonchev–Trinajstić information content (AvgIpc) is 3.12. The van der Waals surface area contributed by atoms with E-state index in [2.05, 4.69) is 40.9 Å². The summed E-state index contributed by atoms with van der Waals surface area (Å²) in [5.41, 5.74) is 1.91. The molecule has 0 spiro atoms. The molecule has 0 aliphatic carbocycles. The summed E-state index contributed by atoms with van der Waals surface area (Å²) in [4.78, 5) is 15.5. The number of nitrogens with zero attached hydrogens (tertiary/aromatic N) is 5. The molecule has 3 aromatic heterocycles. The van der Waals surface area contributed by atoms with Crippen LogP contribution in [0.2, 0.25) is 0 Å². The Morgan fingerprint density at radius 1 is 1.08 bits per heavy atom. The maximum atomic E-state index is 4.48. The standard InChI is InChI=1S/C16H17N7S/c1-2-6-18-13(3-1)15-21-16(24-22-15)20-14-5-4-12(11-19-14)23-9-7-17-8-10-23/h1-6,11,17H,7-10H2,(H,19,20,21,22). The normalized spacial score (nSPS) is 14.6. The summed E-state index contributed by atoms with van der Waals surface area (Å²) < 4.78 is 4.34. The van der Waals surface area contributed by atoms with Crippen LogP contribution in [-0.4, -0.2) is 45.5 Å². The Morgan fingerprint density at radius 3 is 2.75 bits per heavy atom. The number of nitrogens with one attached hydrogen (secondary N) is 2. The van der Waals surface area contributed by atoms with Gasteiger partial charge in [-0.05, 0) is 24.3 Å². The van der Waals surface area contributed by atoms with Crippen LogP contribution in [0.3, 0.4) is 0 Å². The van der Waals surface area contributed by atoms with Gasteiger partial charge in [-0.25, -0.2) is 4.98 Å². The number of hydrogen-bond donors (Lipinski definition) is 2. The summed E-state index contributed by atoms with van der Waals surface area (Å²) in [7, 11) is 0. The lowest BCUT2D eigenvalue weighted by atomic mass is 10.3. The van der Waals surface area contributed by atoms with E-state index in [1.165, 1.54) is 11.5 Å². The minimum absolute atomic E-state index is 0.625. The van der Waals surface area contributed by atoms with Crippen molar-refractivity contribution >= 4 is 28.2 Å². The van der Waals surface area contributed by atoms with E-state index in [1.54, 1.807) is 6.20 Å². The van der Waals surface area contributed by atoms with Gasteiger partial charge < -0.3 is 15.5 Å². The van der Waals surface area contributed by atoms with Crippen LogP contribution in [0.1, 0.15) is 0 Å². The first-order valence-electron chi connectivity index (χ1n) is 7.82. The fourth-order valence-electron chi connectivity index (χ4n) is 2.55. The third kappa shape index (κ3) is 3.34. The molecule has 3 aromatic rings. The van der Waals surface area contributed by atoms with Gasteiger partial charge in [0.15, 0.2) is 5.82 Å². The summed E-state index contributed by atoms with van der Waals surface area (Å²) in [6.45, 7) is 4.05. The van der Waals surface area contributed by atoms with Gasteiger partial charge >= 0.3 is 0 Å². The minimum Gasteiger partial charge on any atom is -0.368 e. The van der Waals surface area contributed by atoms with E-state index in [-0.39, 0.29) is 0 Å². The Bertz CT molecular complexity index is 782. The molecule has 1 saturated heterocycles. The molecule has 0 atom stereocenters. The quantitative estimate of drug-likeness (QED) is 0.754. The van der Waals surface area contributed by atoms with Crippen molar-refractivity contribution in [3.8, 4) is 11.5 Å². The first-order valence-corrected chi connectivity index (χ1v) is 8.60. The Hall–Kier alpha value is -2.58. The van der Waals surface area contributed by atoms with Gasteiger partial charge in [0, 0.05) is 43.9 Å². The second kappa shape index (κ2) is 6.90. The van der Waals surface area contributed by atoms with Crippen molar-refractivity contribution in [3.63, 3.8) is 0 Å². The lowest BCUT2D eigenvalue weighted by molar-refractivity contribution is 0.589. The lowest BCUT2D eigenvalue weighted by Gasteiger charge is -2.29. The zero-order valence-electron chi connectivity index (χ0n) is 13.0. The van der Waals surface area contributed by atoms with Gasteiger partial charge in [-0.15, -0.1) is 0 Å².